The summed E-state index contributed by atoms with van der Waals surface area (Å²) in [4.78, 5) is 4.31. The number of piperazine rings is 1. The minimum Gasteiger partial charge on any atom is -0.337 e. The molecule has 1 aliphatic rings. The van der Waals surface area contributed by atoms with Crippen LogP contribution in [0.1, 0.15) is 17.4 Å². The van der Waals surface area contributed by atoms with Crippen LogP contribution in [-0.2, 0) is 22.8 Å². The van der Waals surface area contributed by atoms with E-state index in [1.54, 1.807) is 30.6 Å². The molecule has 1 fully saturated rings. The van der Waals surface area contributed by atoms with E-state index in [0.29, 0.717) is 41.1 Å². The van der Waals surface area contributed by atoms with E-state index in [9.17, 15) is 8.42 Å². The van der Waals surface area contributed by atoms with Crippen molar-refractivity contribution in [3.8, 4) is 0 Å². The second-order valence-electron chi connectivity index (χ2n) is 5.68. The minimum atomic E-state index is -3.60. The number of benzene rings is 1. The van der Waals surface area contributed by atoms with Crippen LogP contribution in [0.5, 0.6) is 0 Å². The molecule has 0 saturated carbocycles. The summed E-state index contributed by atoms with van der Waals surface area (Å²) in [5.41, 5.74) is 0.429. The maximum Gasteiger partial charge on any atom is 0.219 e. The van der Waals surface area contributed by atoms with Crippen molar-refractivity contribution >= 4 is 33.2 Å². The van der Waals surface area contributed by atoms with Gasteiger partial charge < -0.3 is 9.88 Å². The molecule has 1 atom stereocenters. The van der Waals surface area contributed by atoms with Gasteiger partial charge in [-0.05, 0) is 12.1 Å². The molecule has 1 N–H and O–H groups in total. The molecule has 3 rings (SSSR count). The summed E-state index contributed by atoms with van der Waals surface area (Å²) >= 11 is 12.3. The Morgan fingerprint density at radius 1 is 1.33 bits per heavy atom. The third kappa shape index (κ3) is 3.45. The number of hydrogen-bond acceptors (Lipinski definition) is 4. The van der Waals surface area contributed by atoms with E-state index in [2.05, 4.69) is 10.3 Å². The van der Waals surface area contributed by atoms with Gasteiger partial charge in [-0.2, -0.15) is 4.31 Å². The number of aryl methyl sites for hydroxylation is 1. The number of imidazole rings is 1. The molecule has 9 heteroatoms. The summed E-state index contributed by atoms with van der Waals surface area (Å²) in [5.74, 6) is 0.475. The van der Waals surface area contributed by atoms with Gasteiger partial charge in [-0.3, -0.25) is 0 Å². The number of rotatable bonds is 4. The topological polar surface area (TPSA) is 67.2 Å². The van der Waals surface area contributed by atoms with E-state index in [-0.39, 0.29) is 11.8 Å². The molecule has 0 radical (unpaired) electrons. The molecule has 24 heavy (non-hydrogen) atoms. The van der Waals surface area contributed by atoms with Crippen LogP contribution in [0.3, 0.4) is 0 Å². The highest BCUT2D eigenvalue weighted by molar-refractivity contribution is 7.88. The smallest absolute Gasteiger partial charge is 0.219 e. The zero-order chi connectivity index (χ0) is 17.3. The van der Waals surface area contributed by atoms with Gasteiger partial charge in [0.1, 0.15) is 5.82 Å². The number of sulfonamides is 1. The third-order valence-corrected chi connectivity index (χ3v) is 6.61. The van der Waals surface area contributed by atoms with Crippen molar-refractivity contribution in [2.24, 2.45) is 7.05 Å². The number of aromatic nitrogens is 2. The number of nitrogens with one attached hydrogen (secondary N) is 1. The average molecular weight is 389 g/mol. The zero-order valence-electron chi connectivity index (χ0n) is 13.1. The van der Waals surface area contributed by atoms with Crippen LogP contribution in [0.15, 0.2) is 30.6 Å². The largest absolute Gasteiger partial charge is 0.337 e. The molecule has 0 spiro atoms. The van der Waals surface area contributed by atoms with E-state index in [1.165, 1.54) is 4.31 Å². The SMILES string of the molecule is Cn1ccnc1C1CNCCN1S(=O)(=O)Cc1c(Cl)cccc1Cl. The van der Waals surface area contributed by atoms with Crippen molar-refractivity contribution in [2.75, 3.05) is 19.6 Å². The molecule has 0 amide bonds. The van der Waals surface area contributed by atoms with Crippen LogP contribution >= 0.6 is 23.2 Å². The lowest BCUT2D eigenvalue weighted by Gasteiger charge is -2.34. The van der Waals surface area contributed by atoms with Crippen LogP contribution < -0.4 is 5.32 Å². The van der Waals surface area contributed by atoms with Crippen LogP contribution in [0.4, 0.5) is 0 Å². The van der Waals surface area contributed by atoms with Gasteiger partial charge in [0, 0.05) is 54.7 Å². The van der Waals surface area contributed by atoms with Crippen molar-refractivity contribution in [1.82, 2.24) is 19.2 Å². The van der Waals surface area contributed by atoms with Gasteiger partial charge in [0.15, 0.2) is 0 Å². The lowest BCUT2D eigenvalue weighted by Crippen LogP contribution is -2.49. The molecule has 2 aromatic rings. The Morgan fingerprint density at radius 3 is 2.67 bits per heavy atom. The lowest BCUT2D eigenvalue weighted by atomic mass is 10.2. The highest BCUT2D eigenvalue weighted by atomic mass is 35.5. The molecule has 0 bridgehead atoms. The number of halogens is 2. The molecule has 1 unspecified atom stereocenters. The molecular weight excluding hydrogens is 371 g/mol. The first-order valence-electron chi connectivity index (χ1n) is 7.50. The van der Waals surface area contributed by atoms with Gasteiger partial charge in [0.2, 0.25) is 10.0 Å². The maximum absolute atomic E-state index is 13.0. The second-order valence-corrected chi connectivity index (χ2v) is 8.42. The Balaban J connectivity index is 1.94. The predicted molar refractivity (Wildman–Crippen MR) is 94.6 cm³/mol. The number of hydrogen-bond donors (Lipinski definition) is 1. The fourth-order valence-corrected chi connectivity index (χ4v) is 5.33. The third-order valence-electron chi connectivity index (χ3n) is 4.10. The highest BCUT2D eigenvalue weighted by Crippen LogP contribution is 2.30. The molecule has 6 nitrogen and oxygen atoms in total. The summed E-state index contributed by atoms with van der Waals surface area (Å²) in [7, 11) is -1.75. The van der Waals surface area contributed by atoms with Crippen LogP contribution in [0.25, 0.3) is 0 Å². The van der Waals surface area contributed by atoms with E-state index < -0.39 is 10.0 Å². The van der Waals surface area contributed by atoms with Crippen molar-refractivity contribution in [3.63, 3.8) is 0 Å². The molecule has 130 valence electrons. The van der Waals surface area contributed by atoms with Crippen LogP contribution in [0, 0.1) is 0 Å². The van der Waals surface area contributed by atoms with Crippen molar-refractivity contribution in [1.29, 1.82) is 0 Å². The predicted octanol–water partition coefficient (Wildman–Crippen LogP) is 2.20. The Kier molecular flexibility index (Phi) is 5.17. The monoisotopic (exact) mass is 388 g/mol. The van der Waals surface area contributed by atoms with E-state index in [0.717, 1.165) is 0 Å². The Morgan fingerprint density at radius 2 is 2.04 bits per heavy atom. The van der Waals surface area contributed by atoms with Gasteiger partial charge in [-0.1, -0.05) is 29.3 Å². The second kappa shape index (κ2) is 7.01. The molecule has 1 aliphatic heterocycles. The summed E-state index contributed by atoms with van der Waals surface area (Å²) in [5, 5.41) is 3.94. The minimum absolute atomic E-state index is 0.230. The maximum atomic E-state index is 13.0. The normalized spacial score (nSPS) is 19.5. The van der Waals surface area contributed by atoms with Gasteiger partial charge in [-0.15, -0.1) is 0 Å². The average Bonchev–Trinajstić information content (AvgIpc) is 2.97. The fourth-order valence-electron chi connectivity index (χ4n) is 2.87. The molecular formula is C15H18Cl2N4O2S. The molecule has 1 aromatic heterocycles. The number of nitrogens with zero attached hydrogens (tertiary/aromatic N) is 3. The Labute approximate surface area is 151 Å². The molecule has 1 aromatic carbocycles. The standard InChI is InChI=1S/C15H18Cl2N4O2S/c1-20-7-6-19-15(20)14-9-18-5-8-21(14)24(22,23)10-11-12(16)3-2-4-13(11)17/h2-4,6-7,14,18H,5,8-10H2,1H3. The first-order valence-corrected chi connectivity index (χ1v) is 9.87. The van der Waals surface area contributed by atoms with Crippen molar-refractivity contribution in [2.45, 2.75) is 11.8 Å². The first kappa shape index (κ1) is 17.7. The summed E-state index contributed by atoms with van der Waals surface area (Å²) < 4.78 is 29.4. The van der Waals surface area contributed by atoms with E-state index in [1.807, 2.05) is 11.6 Å². The summed E-state index contributed by atoms with van der Waals surface area (Å²) in [6, 6.07) is 4.63. The Bertz CT molecular complexity index is 817. The van der Waals surface area contributed by atoms with E-state index >= 15 is 0 Å². The van der Waals surface area contributed by atoms with Gasteiger partial charge >= 0.3 is 0 Å². The zero-order valence-corrected chi connectivity index (χ0v) is 15.4. The Hall–Kier alpha value is -1.12. The highest BCUT2D eigenvalue weighted by Gasteiger charge is 2.35. The van der Waals surface area contributed by atoms with Gasteiger partial charge in [0.25, 0.3) is 0 Å². The summed E-state index contributed by atoms with van der Waals surface area (Å²) in [6.07, 6.45) is 3.47. The molecule has 0 aliphatic carbocycles. The lowest BCUT2D eigenvalue weighted by molar-refractivity contribution is 0.258. The van der Waals surface area contributed by atoms with Crippen LogP contribution in [0.2, 0.25) is 10.0 Å². The van der Waals surface area contributed by atoms with E-state index in [4.69, 9.17) is 23.2 Å². The van der Waals surface area contributed by atoms with Crippen LogP contribution in [-0.4, -0.2) is 41.9 Å². The molecule has 1 saturated heterocycles. The van der Waals surface area contributed by atoms with Crippen molar-refractivity contribution < 1.29 is 8.42 Å². The first-order chi connectivity index (χ1) is 11.4. The van der Waals surface area contributed by atoms with Crippen molar-refractivity contribution in [3.05, 3.63) is 52.0 Å². The fraction of sp³-hybridized carbons (Fsp3) is 0.400. The molecule has 2 heterocycles. The van der Waals surface area contributed by atoms with Gasteiger partial charge in [0.05, 0.1) is 11.8 Å². The van der Waals surface area contributed by atoms with Gasteiger partial charge in [-0.25, -0.2) is 13.4 Å². The summed E-state index contributed by atoms with van der Waals surface area (Å²) in [6.45, 7) is 1.48. The quantitative estimate of drug-likeness (QED) is 0.871.